The van der Waals surface area contributed by atoms with Crippen LogP contribution in [-0.4, -0.2) is 60.0 Å². The third kappa shape index (κ3) is 6.23. The van der Waals surface area contributed by atoms with Crippen LogP contribution < -0.4 is 5.73 Å². The van der Waals surface area contributed by atoms with Gasteiger partial charge in [-0.25, -0.2) is 4.39 Å². The molecule has 1 saturated heterocycles. The average Bonchev–Trinajstić information content (AvgIpc) is 3.24. The molecule has 1 aliphatic carbocycles. The Morgan fingerprint density at radius 3 is 2.73 bits per heavy atom. The maximum absolute atomic E-state index is 14.5. The molecule has 2 fully saturated rings. The molecule has 2 aromatic carbocycles. The number of likely N-dealkylation sites (tertiary alicyclic amines) is 1. The highest BCUT2D eigenvalue weighted by molar-refractivity contribution is 5.79. The van der Waals surface area contributed by atoms with E-state index in [0.717, 1.165) is 36.8 Å². The second-order valence-corrected chi connectivity index (χ2v) is 11.0. The Bertz CT molecular complexity index is 1070. The number of aryl methyl sites for hydroxylation is 1. The molecule has 0 radical (unpaired) electrons. The highest BCUT2D eigenvalue weighted by Gasteiger charge is 2.44. The van der Waals surface area contributed by atoms with Crippen molar-refractivity contribution in [3.8, 4) is 11.1 Å². The fourth-order valence-corrected chi connectivity index (χ4v) is 6.22. The van der Waals surface area contributed by atoms with Crippen LogP contribution in [0.15, 0.2) is 42.5 Å². The second-order valence-electron chi connectivity index (χ2n) is 11.0. The third-order valence-corrected chi connectivity index (χ3v) is 8.27. The molecule has 4 rings (SSSR count). The molecular formula is C30H41FN2O4. The van der Waals surface area contributed by atoms with E-state index in [4.69, 9.17) is 10.5 Å². The molecule has 37 heavy (non-hydrogen) atoms. The number of hydrogen-bond acceptors (Lipinski definition) is 5. The lowest BCUT2D eigenvalue weighted by Gasteiger charge is -2.44. The summed E-state index contributed by atoms with van der Waals surface area (Å²) in [4.78, 5) is 15.2. The van der Waals surface area contributed by atoms with Crippen LogP contribution in [-0.2, 0) is 15.1 Å². The molecule has 7 heteroatoms. The quantitative estimate of drug-likeness (QED) is 0.439. The van der Waals surface area contributed by atoms with Crippen LogP contribution in [0.4, 0.5) is 4.39 Å². The number of hydrogen-bond donors (Lipinski definition) is 3. The van der Waals surface area contributed by atoms with Crippen molar-refractivity contribution in [3.63, 3.8) is 0 Å². The molecule has 1 aliphatic heterocycles. The molecule has 2 aromatic rings. The van der Waals surface area contributed by atoms with Crippen LogP contribution in [0.2, 0.25) is 0 Å². The number of nitrogens with two attached hydrogens (primary N) is 1. The van der Waals surface area contributed by atoms with Gasteiger partial charge < -0.3 is 25.6 Å². The number of halogens is 1. The number of nitrogens with zero attached hydrogens (tertiary/aromatic N) is 1. The lowest BCUT2D eigenvalue weighted by Crippen LogP contribution is -2.49. The minimum absolute atomic E-state index is 0.0106. The number of carbonyl (C=O) groups is 1. The van der Waals surface area contributed by atoms with Crippen molar-refractivity contribution in [2.24, 2.45) is 17.6 Å². The van der Waals surface area contributed by atoms with E-state index in [-0.39, 0.29) is 29.6 Å². The van der Waals surface area contributed by atoms with E-state index in [2.05, 4.69) is 0 Å². The summed E-state index contributed by atoms with van der Waals surface area (Å²) >= 11 is 0. The molecule has 4 N–H and O–H groups in total. The molecule has 0 spiro atoms. The van der Waals surface area contributed by atoms with E-state index in [9.17, 15) is 19.4 Å². The number of benzene rings is 2. The number of rotatable bonds is 9. The normalized spacial score (nSPS) is 25.7. The van der Waals surface area contributed by atoms with E-state index >= 15 is 0 Å². The SMILES string of the molecule is COCCCC[C@@](O)(c1ccc(F)cc1-c1cccc(C)c1)C1CCCN(C(=O)[C@H]2C[C@@H](N)[C@@H](O)C2)C1. The first-order chi connectivity index (χ1) is 17.7. The largest absolute Gasteiger partial charge is 0.391 e. The zero-order valence-corrected chi connectivity index (χ0v) is 22.0. The fraction of sp³-hybridized carbons (Fsp3) is 0.567. The van der Waals surface area contributed by atoms with Gasteiger partial charge >= 0.3 is 0 Å². The summed E-state index contributed by atoms with van der Waals surface area (Å²) in [6, 6.07) is 12.2. The van der Waals surface area contributed by atoms with Gasteiger partial charge in [-0.2, -0.15) is 0 Å². The van der Waals surface area contributed by atoms with Crippen molar-refractivity contribution >= 4 is 5.91 Å². The van der Waals surface area contributed by atoms with Crippen molar-refractivity contribution in [2.45, 2.75) is 69.6 Å². The number of unbranched alkanes of at least 4 members (excludes halogenated alkanes) is 1. The van der Waals surface area contributed by atoms with Crippen molar-refractivity contribution in [2.75, 3.05) is 26.8 Å². The van der Waals surface area contributed by atoms with Crippen molar-refractivity contribution < 1.29 is 24.1 Å². The molecule has 6 nitrogen and oxygen atoms in total. The lowest BCUT2D eigenvalue weighted by atomic mass is 9.72. The minimum Gasteiger partial charge on any atom is -0.391 e. The fourth-order valence-electron chi connectivity index (χ4n) is 6.22. The molecule has 5 atom stereocenters. The van der Waals surface area contributed by atoms with Gasteiger partial charge in [-0.3, -0.25) is 4.79 Å². The first-order valence-corrected chi connectivity index (χ1v) is 13.5. The summed E-state index contributed by atoms with van der Waals surface area (Å²) in [5.74, 6) is -0.830. The molecule has 0 bridgehead atoms. The molecule has 202 valence electrons. The van der Waals surface area contributed by atoms with Crippen LogP contribution in [0, 0.1) is 24.6 Å². The highest BCUT2D eigenvalue weighted by Crippen LogP contribution is 2.44. The smallest absolute Gasteiger partial charge is 0.225 e. The summed E-state index contributed by atoms with van der Waals surface area (Å²) < 4.78 is 19.8. The van der Waals surface area contributed by atoms with Gasteiger partial charge in [0.1, 0.15) is 5.82 Å². The number of aliphatic hydroxyl groups is 2. The molecule has 1 heterocycles. The van der Waals surface area contributed by atoms with Gasteiger partial charge in [0, 0.05) is 44.7 Å². The predicted molar refractivity (Wildman–Crippen MR) is 142 cm³/mol. The number of ether oxygens (including phenoxy) is 1. The number of amides is 1. The standard InChI is InChI=1S/C30H41FN2O4/c1-20-7-5-8-21(15-20)25-18-24(31)10-11-26(25)30(36,12-3-4-14-37-2)23-9-6-13-33(19-23)29(35)22-16-27(32)28(34)17-22/h5,7-8,10-11,15,18,22-23,27-28,34,36H,3-4,6,9,12-14,16-17,19,32H2,1-2H3/t22-,23?,27+,28-,30-/m0/s1. The number of aliphatic hydroxyl groups excluding tert-OH is 1. The molecule has 1 saturated carbocycles. The molecule has 2 aliphatic rings. The zero-order valence-electron chi connectivity index (χ0n) is 22.0. The highest BCUT2D eigenvalue weighted by atomic mass is 19.1. The van der Waals surface area contributed by atoms with E-state index in [1.807, 2.05) is 36.1 Å². The van der Waals surface area contributed by atoms with Crippen LogP contribution >= 0.6 is 0 Å². The molecule has 0 aromatic heterocycles. The summed E-state index contributed by atoms with van der Waals surface area (Å²) in [5, 5.41) is 22.6. The van der Waals surface area contributed by atoms with Crippen molar-refractivity contribution in [1.29, 1.82) is 0 Å². The topological polar surface area (TPSA) is 96.0 Å². The lowest BCUT2D eigenvalue weighted by molar-refractivity contribution is -0.141. The number of piperidine rings is 1. The Morgan fingerprint density at radius 1 is 1.22 bits per heavy atom. The van der Waals surface area contributed by atoms with E-state index < -0.39 is 11.7 Å². The van der Waals surface area contributed by atoms with Crippen LogP contribution in [0.5, 0.6) is 0 Å². The first-order valence-electron chi connectivity index (χ1n) is 13.5. The maximum Gasteiger partial charge on any atom is 0.225 e. The Morgan fingerprint density at radius 2 is 2.03 bits per heavy atom. The van der Waals surface area contributed by atoms with Crippen molar-refractivity contribution in [1.82, 2.24) is 4.90 Å². The molecule has 1 amide bonds. The van der Waals surface area contributed by atoms with Gasteiger partial charge in [0.15, 0.2) is 0 Å². The Labute approximate surface area is 219 Å². The van der Waals surface area contributed by atoms with E-state index in [0.29, 0.717) is 50.1 Å². The van der Waals surface area contributed by atoms with Gasteiger partial charge in [-0.05, 0) is 80.7 Å². The Balaban J connectivity index is 1.67. The van der Waals surface area contributed by atoms with E-state index in [1.165, 1.54) is 12.1 Å². The van der Waals surface area contributed by atoms with Crippen LogP contribution in [0.3, 0.4) is 0 Å². The Hall–Kier alpha value is -2.32. The van der Waals surface area contributed by atoms with Gasteiger partial charge in [-0.15, -0.1) is 0 Å². The zero-order chi connectivity index (χ0) is 26.6. The van der Waals surface area contributed by atoms with Crippen LogP contribution in [0.25, 0.3) is 11.1 Å². The number of methoxy groups -OCH3 is 1. The predicted octanol–water partition coefficient (Wildman–Crippen LogP) is 4.14. The second kappa shape index (κ2) is 12.0. The summed E-state index contributed by atoms with van der Waals surface area (Å²) in [5.41, 5.74) is 8.05. The summed E-state index contributed by atoms with van der Waals surface area (Å²) in [7, 11) is 1.67. The summed E-state index contributed by atoms with van der Waals surface area (Å²) in [6.07, 6.45) is 3.79. The maximum atomic E-state index is 14.5. The number of carbonyl (C=O) groups excluding carboxylic acids is 1. The van der Waals surface area contributed by atoms with Gasteiger partial charge in [0.05, 0.1) is 11.7 Å². The minimum atomic E-state index is -1.24. The van der Waals surface area contributed by atoms with Gasteiger partial charge in [-0.1, -0.05) is 35.9 Å². The van der Waals surface area contributed by atoms with E-state index in [1.54, 1.807) is 13.2 Å². The Kier molecular flexibility index (Phi) is 9.01. The van der Waals surface area contributed by atoms with Gasteiger partial charge in [0.25, 0.3) is 0 Å². The average molecular weight is 513 g/mol. The van der Waals surface area contributed by atoms with Crippen LogP contribution in [0.1, 0.15) is 56.1 Å². The first kappa shape index (κ1) is 27.7. The monoisotopic (exact) mass is 512 g/mol. The van der Waals surface area contributed by atoms with Gasteiger partial charge in [0.2, 0.25) is 5.91 Å². The molecule has 1 unspecified atom stereocenters. The molecular weight excluding hydrogens is 471 g/mol. The summed E-state index contributed by atoms with van der Waals surface area (Å²) in [6.45, 7) is 3.65. The third-order valence-electron chi connectivity index (χ3n) is 8.27. The van der Waals surface area contributed by atoms with Crippen molar-refractivity contribution in [3.05, 3.63) is 59.4 Å².